The van der Waals surface area contributed by atoms with Crippen molar-refractivity contribution in [1.29, 1.82) is 0 Å². The van der Waals surface area contributed by atoms with Gasteiger partial charge in [-0.25, -0.2) is 0 Å². The van der Waals surface area contributed by atoms with Gasteiger partial charge in [-0.3, -0.25) is 4.79 Å². The molecule has 2 rings (SSSR count). The van der Waals surface area contributed by atoms with Crippen molar-refractivity contribution in [2.24, 2.45) is 0 Å². The molecule has 0 bridgehead atoms. The van der Waals surface area contributed by atoms with Crippen LogP contribution < -0.4 is 10.6 Å². The molecule has 0 saturated carbocycles. The maximum Gasteiger partial charge on any atom is 0.282 e. The topological polar surface area (TPSA) is 45.7 Å². The van der Waals surface area contributed by atoms with E-state index in [1.807, 2.05) is 30.4 Å². The summed E-state index contributed by atoms with van der Waals surface area (Å²) in [5.74, 6) is -0.105. The fourth-order valence-electron chi connectivity index (χ4n) is 2.23. The lowest BCUT2D eigenvalue weighted by atomic mass is 10.1. The summed E-state index contributed by atoms with van der Waals surface area (Å²) in [5, 5.41) is 5.85. The number of quaternary nitrogens is 1. The molecule has 3 N–H and O–H groups in total. The first-order valence-corrected chi connectivity index (χ1v) is 7.89. The first kappa shape index (κ1) is 16.8. The summed E-state index contributed by atoms with van der Waals surface area (Å²) >= 11 is 12.0. The van der Waals surface area contributed by atoms with Gasteiger partial charge in [-0.15, -0.1) is 0 Å². The van der Waals surface area contributed by atoms with Gasteiger partial charge in [-0.2, -0.15) is 0 Å². The van der Waals surface area contributed by atoms with E-state index < -0.39 is 0 Å². The molecule has 116 valence electrons. The van der Waals surface area contributed by atoms with Crippen LogP contribution >= 0.6 is 23.2 Å². The normalized spacial score (nSPS) is 13.5. The Morgan fingerprint density at radius 2 is 1.77 bits per heavy atom. The molecule has 3 nitrogen and oxygen atoms in total. The zero-order chi connectivity index (χ0) is 16.1. The largest absolute Gasteiger partial charge is 0.330 e. The Morgan fingerprint density at radius 1 is 1.09 bits per heavy atom. The van der Waals surface area contributed by atoms with E-state index in [1.54, 1.807) is 18.2 Å². The van der Waals surface area contributed by atoms with Gasteiger partial charge >= 0.3 is 0 Å². The fraction of sp³-hybridized carbons (Fsp3) is 0.235. The Bertz CT molecular complexity index is 646. The highest BCUT2D eigenvalue weighted by atomic mass is 35.5. The first-order chi connectivity index (χ1) is 10.5. The zero-order valence-corrected chi connectivity index (χ0v) is 14.0. The van der Waals surface area contributed by atoms with Gasteiger partial charge in [0.15, 0.2) is 6.04 Å². The molecule has 0 fully saturated rings. The Hall–Kier alpha value is -1.55. The number of carbonyl (C=O) groups excluding carboxylic acids is 1. The van der Waals surface area contributed by atoms with E-state index in [0.717, 1.165) is 0 Å². The first-order valence-electron chi connectivity index (χ1n) is 7.13. The van der Waals surface area contributed by atoms with E-state index in [-0.39, 0.29) is 18.0 Å². The molecule has 0 heterocycles. The molecule has 2 aromatic carbocycles. The van der Waals surface area contributed by atoms with Gasteiger partial charge in [0.2, 0.25) is 0 Å². The van der Waals surface area contributed by atoms with E-state index in [1.165, 1.54) is 5.56 Å². The van der Waals surface area contributed by atoms with Crippen LogP contribution in [0.5, 0.6) is 0 Å². The molecular weight excluding hydrogens is 319 g/mol. The molecule has 2 aromatic rings. The van der Waals surface area contributed by atoms with Crippen molar-refractivity contribution in [3.05, 3.63) is 64.1 Å². The van der Waals surface area contributed by atoms with E-state index in [9.17, 15) is 4.79 Å². The minimum Gasteiger partial charge on any atom is -0.330 e. The van der Waals surface area contributed by atoms with E-state index in [0.29, 0.717) is 15.7 Å². The molecule has 0 radical (unpaired) electrons. The van der Waals surface area contributed by atoms with Gasteiger partial charge in [0, 0.05) is 10.6 Å². The number of amides is 1. The third-order valence-electron chi connectivity index (χ3n) is 3.50. The number of benzene rings is 2. The SMILES string of the molecule is C[C@H]([NH2+][C@H](C)c1ccccc1)C(=O)Nc1cc(Cl)ccc1Cl. The standard InChI is InChI=1S/C17H18Cl2N2O/c1-11(13-6-4-3-5-7-13)20-12(2)17(22)21-16-10-14(18)8-9-15(16)19/h3-12,20H,1-2H3,(H,21,22)/p+1/t11-,12+/m1/s1. The minimum atomic E-state index is -0.245. The second-order valence-corrected chi connectivity index (χ2v) is 6.14. The summed E-state index contributed by atoms with van der Waals surface area (Å²) < 4.78 is 0. The summed E-state index contributed by atoms with van der Waals surface area (Å²) in [7, 11) is 0. The van der Waals surface area contributed by atoms with Crippen molar-refractivity contribution in [2.45, 2.75) is 25.9 Å². The Morgan fingerprint density at radius 3 is 2.45 bits per heavy atom. The van der Waals surface area contributed by atoms with Crippen molar-refractivity contribution < 1.29 is 10.1 Å². The van der Waals surface area contributed by atoms with Gasteiger partial charge in [-0.05, 0) is 32.0 Å². The molecule has 0 spiro atoms. The average molecular weight is 338 g/mol. The van der Waals surface area contributed by atoms with Crippen LogP contribution in [0.15, 0.2) is 48.5 Å². The van der Waals surface area contributed by atoms with Crippen LogP contribution in [0.4, 0.5) is 5.69 Å². The second kappa shape index (κ2) is 7.63. The number of halogens is 2. The number of rotatable bonds is 5. The maximum absolute atomic E-state index is 12.3. The molecule has 0 unspecified atom stereocenters. The molecule has 0 aliphatic heterocycles. The molecule has 2 atom stereocenters. The predicted octanol–water partition coefficient (Wildman–Crippen LogP) is 3.65. The molecule has 5 heteroatoms. The number of carbonyl (C=O) groups is 1. The fourth-order valence-corrected chi connectivity index (χ4v) is 2.56. The lowest BCUT2D eigenvalue weighted by molar-refractivity contribution is -0.709. The van der Waals surface area contributed by atoms with E-state index in [2.05, 4.69) is 24.4 Å². The number of anilines is 1. The molecule has 22 heavy (non-hydrogen) atoms. The van der Waals surface area contributed by atoms with Crippen LogP contribution in [0.1, 0.15) is 25.5 Å². The molecule has 0 aliphatic carbocycles. The van der Waals surface area contributed by atoms with Crippen LogP contribution in [-0.2, 0) is 4.79 Å². The smallest absolute Gasteiger partial charge is 0.282 e. The van der Waals surface area contributed by atoms with Gasteiger partial charge in [0.05, 0.1) is 10.7 Å². The molecule has 0 aliphatic rings. The average Bonchev–Trinajstić information content (AvgIpc) is 2.51. The van der Waals surface area contributed by atoms with Crippen LogP contribution in [0, 0.1) is 0 Å². The highest BCUT2D eigenvalue weighted by Crippen LogP contribution is 2.25. The van der Waals surface area contributed by atoms with Crippen LogP contribution in [-0.4, -0.2) is 11.9 Å². The summed E-state index contributed by atoms with van der Waals surface area (Å²) in [4.78, 5) is 12.3. The molecule has 0 aromatic heterocycles. The highest BCUT2D eigenvalue weighted by Gasteiger charge is 2.21. The van der Waals surface area contributed by atoms with Crippen molar-refractivity contribution in [3.63, 3.8) is 0 Å². The van der Waals surface area contributed by atoms with E-state index in [4.69, 9.17) is 23.2 Å². The highest BCUT2D eigenvalue weighted by molar-refractivity contribution is 6.35. The number of hydrogen-bond acceptors (Lipinski definition) is 1. The molecular formula is C17H19Cl2N2O+. The molecule has 0 saturated heterocycles. The Labute approximate surface area is 140 Å². The predicted molar refractivity (Wildman–Crippen MR) is 91.3 cm³/mol. The molecule has 1 amide bonds. The van der Waals surface area contributed by atoms with Crippen molar-refractivity contribution in [2.75, 3.05) is 5.32 Å². The minimum absolute atomic E-state index is 0.105. The van der Waals surface area contributed by atoms with Gasteiger partial charge < -0.3 is 10.6 Å². The third-order valence-corrected chi connectivity index (χ3v) is 4.07. The van der Waals surface area contributed by atoms with Crippen molar-refractivity contribution >= 4 is 34.8 Å². The maximum atomic E-state index is 12.3. The zero-order valence-electron chi connectivity index (χ0n) is 12.5. The van der Waals surface area contributed by atoms with E-state index >= 15 is 0 Å². The van der Waals surface area contributed by atoms with Crippen molar-refractivity contribution in [1.82, 2.24) is 0 Å². The van der Waals surface area contributed by atoms with Crippen molar-refractivity contribution in [3.8, 4) is 0 Å². The summed E-state index contributed by atoms with van der Waals surface area (Å²) in [6.07, 6.45) is 0. The van der Waals surface area contributed by atoms with Gasteiger partial charge in [0.25, 0.3) is 5.91 Å². The monoisotopic (exact) mass is 337 g/mol. The quantitative estimate of drug-likeness (QED) is 0.859. The van der Waals surface area contributed by atoms with Gasteiger partial charge in [-0.1, -0.05) is 53.5 Å². The summed E-state index contributed by atoms with van der Waals surface area (Å²) in [6, 6.07) is 15.0. The van der Waals surface area contributed by atoms with Crippen LogP contribution in [0.25, 0.3) is 0 Å². The Balaban J connectivity index is 1.99. The third kappa shape index (κ3) is 4.47. The summed E-state index contributed by atoms with van der Waals surface area (Å²) in [6.45, 7) is 3.94. The second-order valence-electron chi connectivity index (χ2n) is 5.29. The van der Waals surface area contributed by atoms with Gasteiger partial charge in [0.1, 0.15) is 6.04 Å². The number of hydrogen-bond donors (Lipinski definition) is 2. The number of nitrogens with one attached hydrogen (secondary N) is 1. The van der Waals surface area contributed by atoms with Crippen LogP contribution in [0.2, 0.25) is 10.0 Å². The Kier molecular flexibility index (Phi) is 5.83. The lowest BCUT2D eigenvalue weighted by Gasteiger charge is -2.17. The number of nitrogens with two attached hydrogens (primary N) is 1. The summed E-state index contributed by atoms with van der Waals surface area (Å²) in [5.41, 5.74) is 1.72. The lowest BCUT2D eigenvalue weighted by Crippen LogP contribution is -2.91. The van der Waals surface area contributed by atoms with Crippen LogP contribution in [0.3, 0.4) is 0 Å².